The molecule has 1 aliphatic heterocycles. The molecule has 1 aliphatic rings. The number of nitrogens with zero attached hydrogens (tertiary/aromatic N) is 1. The second-order valence-corrected chi connectivity index (χ2v) is 5.47. The normalized spacial score (nSPS) is 16.5. The van der Waals surface area contributed by atoms with Crippen LogP contribution in [0.3, 0.4) is 0 Å². The average molecular weight is 351 g/mol. The summed E-state index contributed by atoms with van der Waals surface area (Å²) in [5.41, 5.74) is 4.93. The van der Waals surface area contributed by atoms with Gasteiger partial charge in [0.25, 0.3) is 5.91 Å². The van der Waals surface area contributed by atoms with Crippen LogP contribution in [-0.4, -0.2) is 41.5 Å². The number of hydrogen-bond donors (Lipinski definition) is 4. The molecule has 1 fully saturated rings. The number of aromatic nitrogens is 2. The highest BCUT2D eigenvalue weighted by molar-refractivity contribution is 6.06. The van der Waals surface area contributed by atoms with Crippen molar-refractivity contribution in [3.05, 3.63) is 47.3 Å². The van der Waals surface area contributed by atoms with Crippen molar-refractivity contribution in [3.63, 3.8) is 0 Å². The number of anilines is 1. The van der Waals surface area contributed by atoms with E-state index < -0.39 is 23.1 Å². The molecule has 7 nitrogen and oxygen atoms in total. The number of rotatable bonds is 3. The van der Waals surface area contributed by atoms with Gasteiger partial charge in [-0.25, -0.2) is 8.78 Å². The lowest BCUT2D eigenvalue weighted by Crippen LogP contribution is -2.39. The first kappa shape index (κ1) is 18.7. The number of nitrogens with two attached hydrogens (primary N) is 1. The van der Waals surface area contributed by atoms with Crippen molar-refractivity contribution in [2.75, 3.05) is 18.4 Å². The number of benzene rings is 1. The van der Waals surface area contributed by atoms with Crippen molar-refractivity contribution >= 4 is 17.9 Å². The first-order valence-corrected chi connectivity index (χ1v) is 7.73. The summed E-state index contributed by atoms with van der Waals surface area (Å²) in [6.07, 6.45) is 4.05. The lowest BCUT2D eigenvalue weighted by atomic mass is 10.1. The number of amides is 1. The number of H-pyrrole nitrogens is 1. The van der Waals surface area contributed by atoms with Crippen molar-refractivity contribution in [1.29, 1.82) is 0 Å². The maximum absolute atomic E-state index is 13.3. The Morgan fingerprint density at radius 1 is 1.36 bits per heavy atom. The summed E-state index contributed by atoms with van der Waals surface area (Å²) in [4.78, 5) is 22.2. The minimum atomic E-state index is -0.991. The van der Waals surface area contributed by atoms with Crippen molar-refractivity contribution in [3.8, 4) is 0 Å². The lowest BCUT2D eigenvalue weighted by molar-refractivity contribution is 0.101. The number of aromatic amines is 1. The van der Waals surface area contributed by atoms with E-state index in [0.29, 0.717) is 12.3 Å². The Bertz CT molecular complexity index is 709. The summed E-state index contributed by atoms with van der Waals surface area (Å²) in [5, 5.41) is 11.3. The number of halogens is 2. The SMILES string of the molecule is NC1CCCNC1.O=Cc1[nH]ncc1NC(=O)c1c(F)cccc1F. The summed E-state index contributed by atoms with van der Waals surface area (Å²) in [7, 11) is 0. The molecular formula is C16H19F2N5O2. The van der Waals surface area contributed by atoms with Gasteiger partial charge in [-0.05, 0) is 31.5 Å². The van der Waals surface area contributed by atoms with Gasteiger partial charge in [-0.1, -0.05) is 6.07 Å². The van der Waals surface area contributed by atoms with E-state index in [9.17, 15) is 18.4 Å². The Balaban J connectivity index is 0.000000269. The number of carbonyl (C=O) groups is 2. The Morgan fingerprint density at radius 2 is 2.08 bits per heavy atom. The van der Waals surface area contributed by atoms with Crippen LogP contribution in [0, 0.1) is 11.6 Å². The number of piperidine rings is 1. The molecule has 0 saturated carbocycles. The van der Waals surface area contributed by atoms with Crippen LogP contribution in [0.5, 0.6) is 0 Å². The molecule has 134 valence electrons. The van der Waals surface area contributed by atoms with Gasteiger partial charge in [-0.3, -0.25) is 14.7 Å². The van der Waals surface area contributed by atoms with E-state index in [1.54, 1.807) is 0 Å². The maximum atomic E-state index is 13.3. The number of aldehydes is 1. The molecule has 1 aromatic heterocycles. The average Bonchev–Trinajstić information content (AvgIpc) is 3.03. The lowest BCUT2D eigenvalue weighted by Gasteiger charge is -2.17. The van der Waals surface area contributed by atoms with E-state index >= 15 is 0 Å². The molecule has 9 heteroatoms. The zero-order chi connectivity index (χ0) is 18.2. The predicted octanol–water partition coefficient (Wildman–Crippen LogP) is 1.45. The third-order valence-corrected chi connectivity index (χ3v) is 3.56. The molecule has 3 rings (SSSR count). The number of hydrogen-bond acceptors (Lipinski definition) is 5. The Kier molecular flexibility index (Phi) is 6.72. The third-order valence-electron chi connectivity index (χ3n) is 3.56. The summed E-state index contributed by atoms with van der Waals surface area (Å²) in [6.45, 7) is 2.17. The van der Waals surface area contributed by atoms with E-state index in [0.717, 1.165) is 31.3 Å². The van der Waals surface area contributed by atoms with Gasteiger partial charge in [-0.2, -0.15) is 5.10 Å². The molecule has 0 spiro atoms. The highest BCUT2D eigenvalue weighted by Gasteiger charge is 2.18. The summed E-state index contributed by atoms with van der Waals surface area (Å²) < 4.78 is 26.6. The molecular weight excluding hydrogens is 332 g/mol. The first-order chi connectivity index (χ1) is 12.0. The zero-order valence-electron chi connectivity index (χ0n) is 13.4. The van der Waals surface area contributed by atoms with Crippen LogP contribution in [0.25, 0.3) is 0 Å². The van der Waals surface area contributed by atoms with Gasteiger partial charge in [0.05, 0.1) is 11.9 Å². The van der Waals surface area contributed by atoms with Crippen molar-refractivity contribution < 1.29 is 18.4 Å². The molecule has 2 aromatic rings. The van der Waals surface area contributed by atoms with E-state index in [1.165, 1.54) is 19.0 Å². The van der Waals surface area contributed by atoms with Gasteiger partial charge in [0.1, 0.15) is 22.9 Å². The molecule has 0 radical (unpaired) electrons. The topological polar surface area (TPSA) is 113 Å². The van der Waals surface area contributed by atoms with Crippen molar-refractivity contribution in [2.24, 2.45) is 5.73 Å². The second-order valence-electron chi connectivity index (χ2n) is 5.47. The van der Waals surface area contributed by atoms with Gasteiger partial charge < -0.3 is 16.4 Å². The first-order valence-electron chi connectivity index (χ1n) is 7.73. The molecule has 25 heavy (non-hydrogen) atoms. The summed E-state index contributed by atoms with van der Waals surface area (Å²) >= 11 is 0. The van der Waals surface area contributed by atoms with Gasteiger partial charge in [0.15, 0.2) is 6.29 Å². The van der Waals surface area contributed by atoms with E-state index in [-0.39, 0.29) is 11.4 Å². The van der Waals surface area contributed by atoms with Crippen LogP contribution in [0.15, 0.2) is 24.4 Å². The van der Waals surface area contributed by atoms with Crippen LogP contribution >= 0.6 is 0 Å². The highest BCUT2D eigenvalue weighted by atomic mass is 19.1. The fraction of sp³-hybridized carbons (Fsp3) is 0.312. The molecule has 0 aliphatic carbocycles. The molecule has 1 amide bonds. The zero-order valence-corrected chi connectivity index (χ0v) is 13.4. The van der Waals surface area contributed by atoms with Crippen LogP contribution in [0.2, 0.25) is 0 Å². The van der Waals surface area contributed by atoms with Gasteiger partial charge in [-0.15, -0.1) is 0 Å². The van der Waals surface area contributed by atoms with E-state index in [4.69, 9.17) is 5.73 Å². The minimum Gasteiger partial charge on any atom is -0.327 e. The predicted molar refractivity (Wildman–Crippen MR) is 88.4 cm³/mol. The van der Waals surface area contributed by atoms with Crippen molar-refractivity contribution in [1.82, 2.24) is 15.5 Å². The molecule has 2 heterocycles. The molecule has 1 unspecified atom stereocenters. The minimum absolute atomic E-state index is 0.0140. The fourth-order valence-electron chi connectivity index (χ4n) is 2.26. The number of carbonyl (C=O) groups excluding carboxylic acids is 2. The van der Waals surface area contributed by atoms with E-state index in [2.05, 4.69) is 20.8 Å². The van der Waals surface area contributed by atoms with Crippen LogP contribution in [0.1, 0.15) is 33.7 Å². The fourth-order valence-corrected chi connectivity index (χ4v) is 2.26. The Hall–Kier alpha value is -2.65. The molecule has 1 atom stereocenters. The van der Waals surface area contributed by atoms with Crippen LogP contribution in [-0.2, 0) is 0 Å². The summed E-state index contributed by atoms with van der Waals surface area (Å²) in [5.74, 6) is -2.96. The monoisotopic (exact) mass is 351 g/mol. The second kappa shape index (κ2) is 9.00. The van der Waals surface area contributed by atoms with Crippen LogP contribution < -0.4 is 16.4 Å². The molecule has 1 aromatic carbocycles. The third kappa shape index (κ3) is 5.16. The quantitative estimate of drug-likeness (QED) is 0.625. The van der Waals surface area contributed by atoms with Crippen LogP contribution in [0.4, 0.5) is 14.5 Å². The largest absolute Gasteiger partial charge is 0.327 e. The Morgan fingerprint density at radius 3 is 2.60 bits per heavy atom. The van der Waals surface area contributed by atoms with Gasteiger partial charge >= 0.3 is 0 Å². The molecule has 1 saturated heterocycles. The van der Waals surface area contributed by atoms with Gasteiger partial charge in [0.2, 0.25) is 0 Å². The molecule has 0 bridgehead atoms. The highest BCUT2D eigenvalue weighted by Crippen LogP contribution is 2.16. The Labute approximate surface area is 143 Å². The van der Waals surface area contributed by atoms with E-state index in [1.807, 2.05) is 0 Å². The van der Waals surface area contributed by atoms with Gasteiger partial charge in [0, 0.05) is 12.6 Å². The smallest absolute Gasteiger partial charge is 0.261 e. The standard InChI is InChI=1S/C11H7F2N3O2.C5H12N2/c12-6-2-1-3-7(13)10(6)11(18)15-8-4-14-16-9(8)5-17;6-5-2-1-3-7-4-5/h1-5H,(H,14,16)(H,15,18);5,7H,1-4,6H2. The molecule has 5 N–H and O–H groups in total. The summed E-state index contributed by atoms with van der Waals surface area (Å²) in [6, 6.07) is 3.51. The number of nitrogens with one attached hydrogen (secondary N) is 3. The maximum Gasteiger partial charge on any atom is 0.261 e. The van der Waals surface area contributed by atoms with Crippen molar-refractivity contribution in [2.45, 2.75) is 18.9 Å².